The lowest BCUT2D eigenvalue weighted by Gasteiger charge is -2.38. The summed E-state index contributed by atoms with van der Waals surface area (Å²) in [4.78, 5) is 99.4. The number of amides is 6. The highest BCUT2D eigenvalue weighted by atomic mass is 16.2. The van der Waals surface area contributed by atoms with Crippen molar-refractivity contribution < 1.29 is 33.6 Å². The molecule has 266 valence electrons. The van der Waals surface area contributed by atoms with Gasteiger partial charge in [-0.1, -0.05) is 68.2 Å². The first-order valence-corrected chi connectivity index (χ1v) is 17.2. The van der Waals surface area contributed by atoms with Crippen LogP contribution in [0.15, 0.2) is 18.5 Å². The summed E-state index contributed by atoms with van der Waals surface area (Å²) in [6.45, 7) is 15.7. The Labute approximate surface area is 287 Å². The van der Waals surface area contributed by atoms with Crippen LogP contribution in [0.5, 0.6) is 0 Å². The number of imide groups is 1. The lowest BCUT2D eigenvalue weighted by atomic mass is 9.78. The lowest BCUT2D eigenvalue weighted by molar-refractivity contribution is -0.146. The number of nitrogens with zero attached hydrogens (tertiary/aromatic N) is 3. The highest BCUT2D eigenvalue weighted by Crippen LogP contribution is 2.65. The summed E-state index contributed by atoms with van der Waals surface area (Å²) < 4.78 is 0. The molecule has 5 rings (SSSR count). The number of carbonyl (C=O) groups is 7. The second-order valence-corrected chi connectivity index (χ2v) is 17.1. The van der Waals surface area contributed by atoms with E-state index in [2.05, 4.69) is 15.6 Å². The number of rotatable bonds is 12. The minimum Gasteiger partial charge on any atom is -0.363 e. The summed E-state index contributed by atoms with van der Waals surface area (Å²) in [6, 6.07) is -1.44. The van der Waals surface area contributed by atoms with Gasteiger partial charge in [-0.2, -0.15) is 0 Å². The Morgan fingerprint density at radius 3 is 2.16 bits per heavy atom. The van der Waals surface area contributed by atoms with Crippen molar-refractivity contribution in [2.24, 2.45) is 45.7 Å². The van der Waals surface area contributed by atoms with Crippen LogP contribution in [-0.2, 0) is 24.0 Å². The molecule has 0 bridgehead atoms. The van der Waals surface area contributed by atoms with Gasteiger partial charge in [0.1, 0.15) is 12.1 Å². The summed E-state index contributed by atoms with van der Waals surface area (Å²) in [6.07, 6.45) is 4.89. The molecule has 1 unspecified atom stereocenters. The molecule has 49 heavy (non-hydrogen) atoms. The molecule has 6 atom stereocenters. The Morgan fingerprint density at radius 2 is 1.61 bits per heavy atom. The van der Waals surface area contributed by atoms with E-state index >= 15 is 0 Å². The van der Waals surface area contributed by atoms with Crippen molar-refractivity contribution in [2.75, 3.05) is 13.1 Å². The summed E-state index contributed by atoms with van der Waals surface area (Å²) in [7, 11) is 0. The third-order valence-corrected chi connectivity index (χ3v) is 11.2. The van der Waals surface area contributed by atoms with Crippen molar-refractivity contribution in [2.45, 2.75) is 99.2 Å². The molecule has 4 N–H and O–H groups in total. The molecule has 0 radical (unpaired) electrons. The summed E-state index contributed by atoms with van der Waals surface area (Å²) in [5.74, 6) is -4.51. The predicted octanol–water partition coefficient (Wildman–Crippen LogP) is 2.08. The second-order valence-electron chi connectivity index (χ2n) is 17.1. The molecule has 13 nitrogen and oxygen atoms in total. The number of ketones is 1. The van der Waals surface area contributed by atoms with Crippen LogP contribution in [-0.4, -0.2) is 87.2 Å². The fourth-order valence-electron chi connectivity index (χ4n) is 7.58. The van der Waals surface area contributed by atoms with E-state index < -0.39 is 76.1 Å². The largest absolute Gasteiger partial charge is 0.363 e. The van der Waals surface area contributed by atoms with E-state index in [0.29, 0.717) is 13.0 Å². The van der Waals surface area contributed by atoms with E-state index in [1.165, 1.54) is 23.4 Å². The zero-order valence-electron chi connectivity index (χ0n) is 29.8. The van der Waals surface area contributed by atoms with Crippen LogP contribution in [0.4, 0.5) is 0 Å². The lowest BCUT2D eigenvalue weighted by Crippen LogP contribution is -2.60. The van der Waals surface area contributed by atoms with Crippen LogP contribution in [0.1, 0.15) is 102 Å². The number of pyridine rings is 1. The van der Waals surface area contributed by atoms with Crippen LogP contribution in [0.3, 0.4) is 0 Å². The van der Waals surface area contributed by atoms with E-state index in [9.17, 15) is 33.6 Å². The van der Waals surface area contributed by atoms with Gasteiger partial charge in [0.25, 0.3) is 17.7 Å². The normalized spacial score (nSPS) is 24.4. The standard InChI is InChI=1S/C36H50N6O7/c1-34(2,3)19(16-42-31(47)20-11-12-38-15-21(20)32(42)48)14-24(43)40-28(35(4,5)6)33(49)41-17-22-25(36(22,7)8)26(41)30(46)39-23(13-18-9-10-18)27(44)29(37)45/h11-12,15,18-19,22-23,25-26,28H,9-10,13-14,16-17H2,1-8H3,(H2,37,45)(H,39,46)(H,40,43)/t19-,22+,23?,25+,26+,28-/m1/s1. The maximum atomic E-state index is 14.4. The molecule has 2 aliphatic carbocycles. The molecule has 2 aliphatic heterocycles. The molecule has 3 heterocycles. The van der Waals surface area contributed by atoms with Gasteiger partial charge in [-0.3, -0.25) is 43.4 Å². The molecule has 0 aromatic carbocycles. The maximum absolute atomic E-state index is 14.4. The van der Waals surface area contributed by atoms with E-state index in [1.54, 1.807) is 0 Å². The van der Waals surface area contributed by atoms with Gasteiger partial charge in [-0.15, -0.1) is 0 Å². The van der Waals surface area contributed by atoms with Crippen LogP contribution in [0, 0.1) is 39.9 Å². The number of hydrogen-bond donors (Lipinski definition) is 3. The topological polar surface area (TPSA) is 189 Å². The van der Waals surface area contributed by atoms with Gasteiger partial charge in [0.15, 0.2) is 0 Å². The third kappa shape index (κ3) is 7.12. The van der Waals surface area contributed by atoms with Gasteiger partial charge in [0, 0.05) is 31.9 Å². The average Bonchev–Trinajstić information content (AvgIpc) is 3.83. The number of fused-ring (bicyclic) bond motifs is 2. The van der Waals surface area contributed by atoms with Crippen molar-refractivity contribution in [1.29, 1.82) is 0 Å². The van der Waals surface area contributed by atoms with Gasteiger partial charge in [0.2, 0.25) is 23.5 Å². The molecule has 2 saturated carbocycles. The van der Waals surface area contributed by atoms with Gasteiger partial charge in [-0.25, -0.2) is 0 Å². The molecule has 6 amide bonds. The Bertz CT molecular complexity index is 1550. The number of primary amides is 1. The smallest absolute Gasteiger partial charge is 0.287 e. The summed E-state index contributed by atoms with van der Waals surface area (Å²) >= 11 is 0. The number of hydrogen-bond acceptors (Lipinski definition) is 8. The Hall–Kier alpha value is -4.16. The maximum Gasteiger partial charge on any atom is 0.287 e. The molecule has 4 aliphatic rings. The minimum atomic E-state index is -1.11. The van der Waals surface area contributed by atoms with Gasteiger partial charge >= 0.3 is 0 Å². The van der Waals surface area contributed by atoms with Crippen molar-refractivity contribution in [3.05, 3.63) is 29.6 Å². The second kappa shape index (κ2) is 12.6. The monoisotopic (exact) mass is 678 g/mol. The minimum absolute atomic E-state index is 0.0102. The van der Waals surface area contributed by atoms with Crippen LogP contribution in [0.25, 0.3) is 0 Å². The Balaban J connectivity index is 1.32. The molecule has 0 spiro atoms. The number of aromatic nitrogens is 1. The Morgan fingerprint density at radius 1 is 0.980 bits per heavy atom. The number of piperidine rings is 1. The predicted molar refractivity (Wildman–Crippen MR) is 178 cm³/mol. The van der Waals surface area contributed by atoms with Crippen molar-refractivity contribution in [1.82, 2.24) is 25.4 Å². The molecule has 13 heteroatoms. The van der Waals surface area contributed by atoms with Crippen molar-refractivity contribution in [3.8, 4) is 0 Å². The van der Waals surface area contributed by atoms with Crippen LogP contribution >= 0.6 is 0 Å². The SMILES string of the molecule is CC(C)(C)[C@H](CC(=O)N[C@H](C(=O)N1C[C@H]2[C@@H]([C@H]1C(=O)NC(CC1CC1)C(=O)C(N)=O)C2(C)C)C(C)(C)C)CN1C(=O)c2ccncc2C1=O. The fourth-order valence-corrected chi connectivity index (χ4v) is 7.58. The molecule has 1 aromatic rings. The molecule has 1 saturated heterocycles. The number of nitrogens with one attached hydrogen (secondary N) is 2. The fraction of sp³-hybridized carbons (Fsp3) is 0.667. The van der Waals surface area contributed by atoms with Crippen molar-refractivity contribution >= 4 is 41.2 Å². The molecular formula is C36H50N6O7. The first-order chi connectivity index (χ1) is 22.6. The van der Waals surface area contributed by atoms with E-state index in [1.807, 2.05) is 55.4 Å². The zero-order valence-corrected chi connectivity index (χ0v) is 29.8. The van der Waals surface area contributed by atoms with Crippen LogP contribution < -0.4 is 16.4 Å². The summed E-state index contributed by atoms with van der Waals surface area (Å²) in [5.41, 5.74) is 4.36. The van der Waals surface area contributed by atoms with E-state index in [-0.39, 0.29) is 47.3 Å². The van der Waals surface area contributed by atoms with E-state index in [4.69, 9.17) is 5.73 Å². The third-order valence-electron chi connectivity index (χ3n) is 11.2. The number of likely N-dealkylation sites (tertiary alicyclic amines) is 1. The molecular weight excluding hydrogens is 628 g/mol. The highest BCUT2D eigenvalue weighted by Gasteiger charge is 2.70. The van der Waals surface area contributed by atoms with Gasteiger partial charge in [0.05, 0.1) is 17.2 Å². The first kappa shape index (κ1) is 36.1. The van der Waals surface area contributed by atoms with Crippen molar-refractivity contribution in [3.63, 3.8) is 0 Å². The molecule has 1 aromatic heterocycles. The van der Waals surface area contributed by atoms with Gasteiger partial charge in [-0.05, 0) is 52.4 Å². The average molecular weight is 679 g/mol. The van der Waals surface area contributed by atoms with E-state index in [0.717, 1.165) is 17.7 Å². The summed E-state index contributed by atoms with van der Waals surface area (Å²) in [5, 5.41) is 5.71. The quantitative estimate of drug-likeness (QED) is 0.221. The highest BCUT2D eigenvalue weighted by molar-refractivity contribution is 6.37. The number of carbonyl (C=O) groups excluding carboxylic acids is 7. The first-order valence-electron chi connectivity index (χ1n) is 17.2. The van der Waals surface area contributed by atoms with Gasteiger partial charge < -0.3 is 21.3 Å². The number of nitrogens with two attached hydrogens (primary N) is 1. The zero-order chi connectivity index (χ0) is 36.4. The number of Topliss-reactive ketones (excluding diaryl/α,β-unsaturated/α-hetero) is 1. The van der Waals surface area contributed by atoms with Crippen LogP contribution in [0.2, 0.25) is 0 Å². The molecule has 3 fully saturated rings. The Kier molecular flexibility index (Phi) is 9.31.